The van der Waals surface area contributed by atoms with Gasteiger partial charge in [0.05, 0.1) is 0 Å². The van der Waals surface area contributed by atoms with E-state index in [9.17, 15) is 0 Å². The van der Waals surface area contributed by atoms with Gasteiger partial charge in [-0.1, -0.05) is 181 Å². The van der Waals surface area contributed by atoms with Crippen molar-refractivity contribution < 1.29 is 4.57 Å². The van der Waals surface area contributed by atoms with Gasteiger partial charge in [0.1, 0.15) is 6.54 Å². The molecule has 1 heteroatoms. The molecule has 0 aliphatic rings. The standard InChI is InChI=1S/C40H76N/c1-4-7-10-13-16-18-20-22-24-27-30-33-39-35-37-41(36-32-29-26-15-12-9-6-3)38-40(39)34-31-28-25-23-21-19-17-14-11-8-5-2/h35,37-38H,4-34,36H2,1-3H3/q+1. The van der Waals surface area contributed by atoms with Crippen LogP contribution in [-0.4, -0.2) is 0 Å². The van der Waals surface area contributed by atoms with Crippen LogP contribution in [0.15, 0.2) is 18.5 Å². The molecular weight excluding hydrogens is 494 g/mol. The predicted molar refractivity (Wildman–Crippen MR) is 185 cm³/mol. The summed E-state index contributed by atoms with van der Waals surface area (Å²) < 4.78 is 2.52. The predicted octanol–water partition coefficient (Wildman–Crippen LogP) is 13.4. The maximum atomic E-state index is 2.54. The molecule has 0 aliphatic heterocycles. The Morgan fingerprint density at radius 1 is 0.366 bits per heavy atom. The van der Waals surface area contributed by atoms with Gasteiger partial charge in [-0.3, -0.25) is 0 Å². The molecule has 0 radical (unpaired) electrons. The molecular formula is C40H76N+. The lowest BCUT2D eigenvalue weighted by Crippen LogP contribution is -2.34. The molecule has 240 valence electrons. The molecule has 0 atom stereocenters. The summed E-state index contributed by atoms with van der Waals surface area (Å²) in [7, 11) is 0. The highest BCUT2D eigenvalue weighted by Gasteiger charge is 2.10. The fraction of sp³-hybridized carbons (Fsp3) is 0.875. The second kappa shape index (κ2) is 30.6. The molecule has 0 fully saturated rings. The van der Waals surface area contributed by atoms with Crippen molar-refractivity contribution in [2.45, 2.75) is 226 Å². The van der Waals surface area contributed by atoms with Gasteiger partial charge in [0.15, 0.2) is 12.4 Å². The molecule has 1 aromatic rings. The fourth-order valence-corrected chi connectivity index (χ4v) is 6.44. The number of hydrogen-bond donors (Lipinski definition) is 0. The van der Waals surface area contributed by atoms with E-state index in [0.717, 1.165) is 0 Å². The molecule has 0 unspecified atom stereocenters. The van der Waals surface area contributed by atoms with Crippen LogP contribution in [0.3, 0.4) is 0 Å². The topological polar surface area (TPSA) is 3.88 Å². The highest BCUT2D eigenvalue weighted by atomic mass is 14.9. The Labute approximate surface area is 260 Å². The van der Waals surface area contributed by atoms with Crippen LogP contribution in [0.2, 0.25) is 0 Å². The van der Waals surface area contributed by atoms with Crippen LogP contribution in [0.1, 0.15) is 218 Å². The van der Waals surface area contributed by atoms with E-state index in [1.165, 1.54) is 206 Å². The van der Waals surface area contributed by atoms with Crippen molar-refractivity contribution in [2.75, 3.05) is 0 Å². The number of hydrogen-bond acceptors (Lipinski definition) is 0. The third-order valence-corrected chi connectivity index (χ3v) is 9.32. The summed E-state index contributed by atoms with van der Waals surface area (Å²) in [6, 6.07) is 2.49. The van der Waals surface area contributed by atoms with Crippen molar-refractivity contribution in [3.8, 4) is 0 Å². The average Bonchev–Trinajstić information content (AvgIpc) is 2.99. The summed E-state index contributed by atoms with van der Waals surface area (Å²) in [5, 5.41) is 0. The lowest BCUT2D eigenvalue weighted by atomic mass is 9.97. The fourth-order valence-electron chi connectivity index (χ4n) is 6.44. The van der Waals surface area contributed by atoms with Gasteiger partial charge in [0, 0.05) is 18.1 Å². The van der Waals surface area contributed by atoms with Crippen LogP contribution in [0.4, 0.5) is 0 Å². The van der Waals surface area contributed by atoms with Gasteiger partial charge in [-0.05, 0) is 37.7 Å². The van der Waals surface area contributed by atoms with E-state index in [1.807, 2.05) is 0 Å². The minimum absolute atomic E-state index is 1.21. The van der Waals surface area contributed by atoms with E-state index in [0.29, 0.717) is 0 Å². The van der Waals surface area contributed by atoms with E-state index in [2.05, 4.69) is 43.8 Å². The lowest BCUT2D eigenvalue weighted by molar-refractivity contribution is -0.697. The second-order valence-corrected chi connectivity index (χ2v) is 13.4. The zero-order valence-corrected chi connectivity index (χ0v) is 28.8. The second-order valence-electron chi connectivity index (χ2n) is 13.4. The molecule has 0 aromatic carbocycles. The summed E-state index contributed by atoms with van der Waals surface area (Å²) in [6.45, 7) is 8.14. The van der Waals surface area contributed by atoms with E-state index < -0.39 is 0 Å². The number of pyridine rings is 1. The third-order valence-electron chi connectivity index (χ3n) is 9.32. The van der Waals surface area contributed by atoms with Gasteiger partial charge in [0.25, 0.3) is 0 Å². The van der Waals surface area contributed by atoms with Gasteiger partial charge in [-0.2, -0.15) is 0 Å². The minimum Gasteiger partial charge on any atom is -0.205 e. The minimum atomic E-state index is 1.21. The Morgan fingerprint density at radius 2 is 0.683 bits per heavy atom. The van der Waals surface area contributed by atoms with E-state index >= 15 is 0 Å². The molecule has 0 bridgehead atoms. The van der Waals surface area contributed by atoms with Gasteiger partial charge in [0.2, 0.25) is 0 Å². The van der Waals surface area contributed by atoms with Gasteiger partial charge in [-0.15, -0.1) is 0 Å². The van der Waals surface area contributed by atoms with Crippen molar-refractivity contribution in [2.24, 2.45) is 0 Å². The largest absolute Gasteiger partial charge is 0.205 e. The number of unbranched alkanes of at least 4 members (excludes halogenated alkanes) is 26. The number of aromatic nitrogens is 1. The SMILES string of the molecule is CCCCCCCCCCCCCc1cc[n+](CCCCCCCCC)cc1CCCCCCCCCCCCC. The van der Waals surface area contributed by atoms with Gasteiger partial charge >= 0.3 is 0 Å². The highest BCUT2D eigenvalue weighted by molar-refractivity contribution is 5.21. The zero-order chi connectivity index (χ0) is 29.5. The summed E-state index contributed by atoms with van der Waals surface area (Å²) in [4.78, 5) is 0. The first kappa shape index (κ1) is 38.2. The van der Waals surface area contributed by atoms with Gasteiger partial charge in [-0.25, -0.2) is 4.57 Å². The Bertz CT molecular complexity index is 650. The maximum absolute atomic E-state index is 2.54. The van der Waals surface area contributed by atoms with Crippen LogP contribution in [-0.2, 0) is 19.4 Å². The summed E-state index contributed by atoms with van der Waals surface area (Å²) in [5.41, 5.74) is 3.32. The number of rotatable bonds is 32. The zero-order valence-electron chi connectivity index (χ0n) is 28.8. The Hall–Kier alpha value is -0.850. The van der Waals surface area contributed by atoms with Crippen LogP contribution in [0, 0.1) is 0 Å². The van der Waals surface area contributed by atoms with Crippen molar-refractivity contribution in [1.29, 1.82) is 0 Å². The molecule has 0 saturated heterocycles. The molecule has 0 saturated carbocycles. The third kappa shape index (κ3) is 24.3. The van der Waals surface area contributed by atoms with E-state index in [1.54, 1.807) is 11.1 Å². The summed E-state index contributed by atoms with van der Waals surface area (Å²) in [5.74, 6) is 0. The summed E-state index contributed by atoms with van der Waals surface area (Å²) >= 11 is 0. The molecule has 41 heavy (non-hydrogen) atoms. The molecule has 0 amide bonds. The summed E-state index contributed by atoms with van der Waals surface area (Å²) in [6.07, 6.45) is 48.9. The maximum Gasteiger partial charge on any atom is 0.172 e. The lowest BCUT2D eigenvalue weighted by Gasteiger charge is -2.10. The Kier molecular flexibility index (Phi) is 28.5. The molecule has 0 N–H and O–H groups in total. The van der Waals surface area contributed by atoms with Crippen LogP contribution < -0.4 is 4.57 Å². The Morgan fingerprint density at radius 3 is 1.07 bits per heavy atom. The molecule has 0 spiro atoms. The molecule has 1 rings (SSSR count). The van der Waals surface area contributed by atoms with Gasteiger partial charge < -0.3 is 0 Å². The van der Waals surface area contributed by atoms with Crippen molar-refractivity contribution in [3.63, 3.8) is 0 Å². The van der Waals surface area contributed by atoms with Crippen molar-refractivity contribution in [3.05, 3.63) is 29.6 Å². The first-order chi connectivity index (χ1) is 20.3. The molecule has 1 heterocycles. The Balaban J connectivity index is 2.34. The van der Waals surface area contributed by atoms with Crippen LogP contribution in [0.25, 0.3) is 0 Å². The molecule has 1 nitrogen and oxygen atoms in total. The van der Waals surface area contributed by atoms with Crippen molar-refractivity contribution >= 4 is 0 Å². The molecule has 0 aliphatic carbocycles. The highest BCUT2D eigenvalue weighted by Crippen LogP contribution is 2.18. The first-order valence-corrected chi connectivity index (χ1v) is 19.3. The monoisotopic (exact) mass is 571 g/mol. The molecule has 1 aromatic heterocycles. The smallest absolute Gasteiger partial charge is 0.172 e. The number of aryl methyl sites for hydroxylation is 3. The normalized spacial score (nSPS) is 11.5. The average molecular weight is 571 g/mol. The quantitative estimate of drug-likeness (QED) is 0.0599. The first-order valence-electron chi connectivity index (χ1n) is 19.3. The number of nitrogens with zero attached hydrogens (tertiary/aromatic N) is 1. The van der Waals surface area contributed by atoms with E-state index in [-0.39, 0.29) is 0 Å². The van der Waals surface area contributed by atoms with Crippen LogP contribution in [0.5, 0.6) is 0 Å². The van der Waals surface area contributed by atoms with E-state index in [4.69, 9.17) is 0 Å². The van der Waals surface area contributed by atoms with Crippen LogP contribution >= 0.6 is 0 Å². The van der Waals surface area contributed by atoms with Crippen molar-refractivity contribution in [1.82, 2.24) is 0 Å².